The molecule has 3 heterocycles. The molecule has 0 radical (unpaired) electrons. The van der Waals surface area contributed by atoms with E-state index in [0.717, 1.165) is 16.7 Å². The van der Waals surface area contributed by atoms with E-state index in [-0.39, 0.29) is 18.0 Å². The van der Waals surface area contributed by atoms with Gasteiger partial charge in [-0.1, -0.05) is 30.3 Å². The van der Waals surface area contributed by atoms with Crippen molar-refractivity contribution in [2.45, 2.75) is 13.0 Å². The van der Waals surface area contributed by atoms with Gasteiger partial charge in [-0.3, -0.25) is 9.59 Å². The highest BCUT2D eigenvalue weighted by atomic mass is 16.3. The second-order valence-corrected chi connectivity index (χ2v) is 6.02. The molecule has 136 valence electrons. The van der Waals surface area contributed by atoms with Gasteiger partial charge in [0.25, 0.3) is 5.56 Å². The molecule has 1 amide bonds. The Labute approximate surface area is 154 Å². The Hall–Kier alpha value is -3.68. The van der Waals surface area contributed by atoms with Crippen molar-refractivity contribution in [2.24, 2.45) is 0 Å². The lowest BCUT2D eigenvalue weighted by Crippen LogP contribution is -2.35. The Morgan fingerprint density at radius 1 is 1.15 bits per heavy atom. The van der Waals surface area contributed by atoms with Gasteiger partial charge in [-0.15, -0.1) is 0 Å². The van der Waals surface area contributed by atoms with Crippen LogP contribution in [0.1, 0.15) is 5.56 Å². The summed E-state index contributed by atoms with van der Waals surface area (Å²) >= 11 is 0. The number of aromatic nitrogens is 4. The predicted molar refractivity (Wildman–Crippen MR) is 98.1 cm³/mol. The number of carbonyl (C=O) groups excluding carboxylic acids is 1. The summed E-state index contributed by atoms with van der Waals surface area (Å²) in [5.41, 5.74) is 1.61. The van der Waals surface area contributed by atoms with E-state index >= 15 is 0 Å². The molecule has 8 nitrogen and oxygen atoms in total. The maximum Gasteiger partial charge on any atom is 0.293 e. The number of amides is 1. The third-order valence-electron chi connectivity index (χ3n) is 4.14. The number of carbonyl (C=O) groups is 1. The van der Waals surface area contributed by atoms with Gasteiger partial charge in [0.05, 0.1) is 6.26 Å². The van der Waals surface area contributed by atoms with Crippen molar-refractivity contribution in [2.75, 3.05) is 6.54 Å². The van der Waals surface area contributed by atoms with E-state index in [0.29, 0.717) is 23.5 Å². The summed E-state index contributed by atoms with van der Waals surface area (Å²) in [6.45, 7) is 0.348. The van der Waals surface area contributed by atoms with E-state index < -0.39 is 0 Å². The largest absolute Gasteiger partial charge is 0.463 e. The molecule has 0 spiro atoms. The average Bonchev–Trinajstić information content (AvgIpc) is 3.34. The Balaban J connectivity index is 1.44. The maximum atomic E-state index is 12.6. The number of hydrogen-bond acceptors (Lipinski definition) is 5. The lowest BCUT2D eigenvalue weighted by molar-refractivity contribution is -0.121. The van der Waals surface area contributed by atoms with Gasteiger partial charge in [0.1, 0.15) is 24.1 Å². The first kappa shape index (κ1) is 16.8. The number of benzene rings is 1. The SMILES string of the molecule is O=C(Cn1ncn2nc(-c3ccco3)cc2c1=O)NCCc1ccccc1. The van der Waals surface area contributed by atoms with Gasteiger partial charge in [0.2, 0.25) is 5.91 Å². The number of furan rings is 1. The van der Waals surface area contributed by atoms with E-state index in [2.05, 4.69) is 15.5 Å². The Kier molecular flexibility index (Phi) is 4.52. The summed E-state index contributed by atoms with van der Waals surface area (Å²) < 4.78 is 7.80. The van der Waals surface area contributed by atoms with Gasteiger partial charge in [0, 0.05) is 12.6 Å². The molecule has 4 rings (SSSR count). The van der Waals surface area contributed by atoms with E-state index in [9.17, 15) is 9.59 Å². The molecule has 0 bridgehead atoms. The molecule has 4 aromatic rings. The smallest absolute Gasteiger partial charge is 0.293 e. The number of hydrogen-bond donors (Lipinski definition) is 1. The van der Waals surface area contributed by atoms with Crippen LogP contribution in [-0.2, 0) is 17.8 Å². The molecule has 1 aromatic carbocycles. The Morgan fingerprint density at radius 3 is 2.78 bits per heavy atom. The van der Waals surface area contributed by atoms with Crippen LogP contribution in [0.4, 0.5) is 0 Å². The zero-order valence-electron chi connectivity index (χ0n) is 14.4. The lowest BCUT2D eigenvalue weighted by Gasteiger charge is -2.07. The number of rotatable bonds is 6. The minimum absolute atomic E-state index is 0.147. The van der Waals surface area contributed by atoms with E-state index in [1.165, 1.54) is 17.1 Å². The molecule has 8 heteroatoms. The second kappa shape index (κ2) is 7.28. The van der Waals surface area contributed by atoms with Gasteiger partial charge in [-0.2, -0.15) is 10.2 Å². The van der Waals surface area contributed by atoms with Crippen LogP contribution in [-0.4, -0.2) is 31.8 Å². The standard InChI is InChI=1S/C19H17N5O3/c25-18(20-9-8-14-5-2-1-3-6-14)12-23-19(26)16-11-15(17-7-4-10-27-17)22-24(16)13-21-23/h1-7,10-11,13H,8-9,12H2,(H,20,25). The van der Waals surface area contributed by atoms with Crippen molar-refractivity contribution in [1.82, 2.24) is 24.7 Å². The third-order valence-corrected chi connectivity index (χ3v) is 4.14. The second-order valence-electron chi connectivity index (χ2n) is 6.02. The van der Waals surface area contributed by atoms with Gasteiger partial charge in [-0.25, -0.2) is 9.20 Å². The van der Waals surface area contributed by atoms with Crippen LogP contribution in [0.25, 0.3) is 17.0 Å². The van der Waals surface area contributed by atoms with E-state index in [4.69, 9.17) is 4.42 Å². The molecular formula is C19H17N5O3. The third kappa shape index (κ3) is 3.64. The van der Waals surface area contributed by atoms with E-state index in [1.807, 2.05) is 30.3 Å². The van der Waals surface area contributed by atoms with Crippen molar-refractivity contribution in [3.8, 4) is 11.5 Å². The molecular weight excluding hydrogens is 346 g/mol. The number of nitrogens with one attached hydrogen (secondary N) is 1. The van der Waals surface area contributed by atoms with Crippen molar-refractivity contribution in [1.29, 1.82) is 0 Å². The molecule has 0 unspecified atom stereocenters. The quantitative estimate of drug-likeness (QED) is 0.560. The first-order valence-corrected chi connectivity index (χ1v) is 8.51. The normalized spacial score (nSPS) is 11.0. The van der Waals surface area contributed by atoms with Crippen LogP contribution >= 0.6 is 0 Å². The van der Waals surface area contributed by atoms with Crippen LogP contribution in [0.15, 0.2) is 70.3 Å². The summed E-state index contributed by atoms with van der Waals surface area (Å²) in [5, 5.41) is 11.1. The zero-order chi connectivity index (χ0) is 18.6. The van der Waals surface area contributed by atoms with Crippen LogP contribution < -0.4 is 10.9 Å². The Bertz CT molecular complexity index is 1110. The fraction of sp³-hybridized carbons (Fsp3) is 0.158. The monoisotopic (exact) mass is 363 g/mol. The molecule has 0 aliphatic heterocycles. The van der Waals surface area contributed by atoms with Crippen molar-refractivity contribution >= 4 is 11.4 Å². The highest BCUT2D eigenvalue weighted by Crippen LogP contribution is 2.18. The highest BCUT2D eigenvalue weighted by Gasteiger charge is 2.13. The predicted octanol–water partition coefficient (Wildman–Crippen LogP) is 1.51. The minimum Gasteiger partial charge on any atom is -0.463 e. The summed E-state index contributed by atoms with van der Waals surface area (Å²) in [7, 11) is 0. The molecule has 0 saturated carbocycles. The Morgan fingerprint density at radius 2 is 2.00 bits per heavy atom. The highest BCUT2D eigenvalue weighted by molar-refractivity contribution is 5.75. The summed E-state index contributed by atoms with van der Waals surface area (Å²) in [4.78, 5) is 24.7. The fourth-order valence-corrected chi connectivity index (χ4v) is 2.78. The molecule has 1 N–H and O–H groups in total. The van der Waals surface area contributed by atoms with E-state index in [1.54, 1.807) is 18.2 Å². The van der Waals surface area contributed by atoms with Crippen LogP contribution in [0.3, 0.4) is 0 Å². The van der Waals surface area contributed by atoms with Crippen molar-refractivity contribution < 1.29 is 9.21 Å². The summed E-state index contributed by atoms with van der Waals surface area (Å²) in [6.07, 6.45) is 3.67. The maximum absolute atomic E-state index is 12.6. The first-order chi connectivity index (χ1) is 13.2. The number of fused-ring (bicyclic) bond motifs is 1. The van der Waals surface area contributed by atoms with Crippen LogP contribution in [0.2, 0.25) is 0 Å². The van der Waals surface area contributed by atoms with Gasteiger partial charge < -0.3 is 9.73 Å². The van der Waals surface area contributed by atoms with Crippen LogP contribution in [0, 0.1) is 0 Å². The lowest BCUT2D eigenvalue weighted by atomic mass is 10.1. The summed E-state index contributed by atoms with van der Waals surface area (Å²) in [6, 6.07) is 15.0. The van der Waals surface area contributed by atoms with Gasteiger partial charge in [-0.05, 0) is 24.1 Å². The molecule has 0 aliphatic rings. The van der Waals surface area contributed by atoms with Gasteiger partial charge in [0.15, 0.2) is 5.76 Å². The van der Waals surface area contributed by atoms with Crippen LogP contribution in [0.5, 0.6) is 0 Å². The molecule has 0 aliphatic carbocycles. The molecule has 0 saturated heterocycles. The molecule has 0 fully saturated rings. The first-order valence-electron chi connectivity index (χ1n) is 8.51. The molecule has 27 heavy (non-hydrogen) atoms. The topological polar surface area (TPSA) is 94.4 Å². The van der Waals surface area contributed by atoms with Crippen molar-refractivity contribution in [3.63, 3.8) is 0 Å². The zero-order valence-corrected chi connectivity index (χ0v) is 14.4. The molecule has 3 aromatic heterocycles. The average molecular weight is 363 g/mol. The van der Waals surface area contributed by atoms with Crippen molar-refractivity contribution in [3.05, 3.63) is 77.0 Å². The number of nitrogens with zero attached hydrogens (tertiary/aromatic N) is 4. The van der Waals surface area contributed by atoms with Gasteiger partial charge >= 0.3 is 0 Å². The minimum atomic E-state index is -0.388. The molecule has 0 atom stereocenters. The summed E-state index contributed by atoms with van der Waals surface area (Å²) in [5.74, 6) is 0.291. The fourth-order valence-electron chi connectivity index (χ4n) is 2.78.